The van der Waals surface area contributed by atoms with E-state index in [4.69, 9.17) is 0 Å². The fourth-order valence-corrected chi connectivity index (χ4v) is 1.70. The summed E-state index contributed by atoms with van der Waals surface area (Å²) in [6, 6.07) is 1.44. The number of aliphatic hydroxyl groups is 1. The van der Waals surface area contributed by atoms with Crippen molar-refractivity contribution in [2.75, 3.05) is 0 Å². The molecule has 1 aromatic rings. The van der Waals surface area contributed by atoms with Gasteiger partial charge in [-0.25, -0.2) is 0 Å². The molecule has 0 saturated carbocycles. The van der Waals surface area contributed by atoms with E-state index < -0.39 is 47.2 Å². The lowest BCUT2D eigenvalue weighted by Crippen LogP contribution is -2.53. The molecule has 1 aliphatic rings. The second kappa shape index (κ2) is 4.11. The van der Waals surface area contributed by atoms with E-state index in [1.807, 2.05) is 0 Å². The molecule has 0 amide bonds. The number of rotatable bonds is 0. The van der Waals surface area contributed by atoms with Crippen LogP contribution in [0.1, 0.15) is 22.3 Å². The molecule has 0 saturated heterocycles. The van der Waals surface area contributed by atoms with Crippen LogP contribution in [0.15, 0.2) is 18.2 Å². The van der Waals surface area contributed by atoms with Crippen molar-refractivity contribution in [1.29, 1.82) is 0 Å². The van der Waals surface area contributed by atoms with Crippen LogP contribution in [0.3, 0.4) is 0 Å². The van der Waals surface area contributed by atoms with Gasteiger partial charge < -0.3 is 9.84 Å². The molecule has 110 valence electrons. The quantitative estimate of drug-likeness (QED) is 0.749. The Labute approximate surface area is 107 Å². The molecule has 9 heteroatoms. The van der Waals surface area contributed by atoms with Crippen LogP contribution in [0.25, 0.3) is 0 Å². The fraction of sp³-hybridized carbons (Fsp3) is 0.364. The largest absolute Gasteiger partial charge is 0.455 e. The van der Waals surface area contributed by atoms with E-state index in [1.165, 1.54) is 0 Å². The Bertz CT molecular complexity index is 562. The van der Waals surface area contributed by atoms with Crippen molar-refractivity contribution in [3.05, 3.63) is 29.3 Å². The maximum Gasteiger partial charge on any atom is 0.455 e. The Hall–Kier alpha value is -1.77. The highest BCUT2D eigenvalue weighted by molar-refractivity contribution is 6.00. The number of hydrogen-bond donors (Lipinski definition) is 1. The SMILES string of the molecule is O=C1CC(O)(C(F)(F)F)Oc2ccc(C(F)(F)F)cc21. The van der Waals surface area contributed by atoms with Gasteiger partial charge in [0.15, 0.2) is 5.78 Å². The van der Waals surface area contributed by atoms with E-state index in [1.54, 1.807) is 0 Å². The summed E-state index contributed by atoms with van der Waals surface area (Å²) in [5, 5.41) is 9.26. The molecule has 0 aromatic heterocycles. The first kappa shape index (κ1) is 14.6. The third-order valence-electron chi connectivity index (χ3n) is 2.73. The van der Waals surface area contributed by atoms with Crippen molar-refractivity contribution in [3.8, 4) is 5.75 Å². The summed E-state index contributed by atoms with van der Waals surface area (Å²) in [4.78, 5) is 11.5. The first-order valence-corrected chi connectivity index (χ1v) is 5.17. The third kappa shape index (κ3) is 2.33. The minimum atomic E-state index is -5.25. The summed E-state index contributed by atoms with van der Waals surface area (Å²) in [6.45, 7) is 0. The maximum atomic E-state index is 12.6. The van der Waals surface area contributed by atoms with Gasteiger partial charge in [-0.1, -0.05) is 0 Å². The number of hydrogen-bond acceptors (Lipinski definition) is 3. The molecular formula is C11H6F6O3. The Balaban J connectivity index is 2.47. The fourth-order valence-electron chi connectivity index (χ4n) is 1.70. The second-order valence-corrected chi connectivity index (χ2v) is 4.19. The van der Waals surface area contributed by atoms with Crippen molar-refractivity contribution >= 4 is 5.78 Å². The van der Waals surface area contributed by atoms with E-state index in [0.29, 0.717) is 18.2 Å². The molecule has 0 fully saturated rings. The smallest absolute Gasteiger partial charge is 0.452 e. The van der Waals surface area contributed by atoms with E-state index >= 15 is 0 Å². The minimum Gasteiger partial charge on any atom is -0.452 e. The Kier molecular flexibility index (Phi) is 3.01. The van der Waals surface area contributed by atoms with Gasteiger partial charge in [-0.2, -0.15) is 26.3 Å². The number of halogens is 6. The molecule has 20 heavy (non-hydrogen) atoms. The summed E-state index contributed by atoms with van der Waals surface area (Å²) in [5.74, 6) is -5.75. The van der Waals surface area contributed by atoms with Gasteiger partial charge in [-0.15, -0.1) is 0 Å². The van der Waals surface area contributed by atoms with Crippen LogP contribution >= 0.6 is 0 Å². The summed E-state index contributed by atoms with van der Waals surface area (Å²) in [5.41, 5.74) is -1.83. The van der Waals surface area contributed by atoms with E-state index in [2.05, 4.69) is 4.74 Å². The van der Waals surface area contributed by atoms with Gasteiger partial charge in [0.2, 0.25) is 0 Å². The number of fused-ring (bicyclic) bond motifs is 1. The predicted octanol–water partition coefficient (Wildman–Crippen LogP) is 2.92. The molecular weight excluding hydrogens is 294 g/mol. The second-order valence-electron chi connectivity index (χ2n) is 4.19. The van der Waals surface area contributed by atoms with Gasteiger partial charge in [-0.3, -0.25) is 4.79 Å². The molecule has 0 bridgehead atoms. The highest BCUT2D eigenvalue weighted by Gasteiger charge is 2.60. The van der Waals surface area contributed by atoms with E-state index in [-0.39, 0.29) is 0 Å². The number of carbonyl (C=O) groups is 1. The highest BCUT2D eigenvalue weighted by atomic mass is 19.4. The van der Waals surface area contributed by atoms with Crippen LogP contribution < -0.4 is 4.74 Å². The monoisotopic (exact) mass is 300 g/mol. The van der Waals surface area contributed by atoms with Crippen LogP contribution in [0.2, 0.25) is 0 Å². The molecule has 1 unspecified atom stereocenters. The van der Waals surface area contributed by atoms with Gasteiger partial charge >= 0.3 is 18.1 Å². The van der Waals surface area contributed by atoms with E-state index in [0.717, 1.165) is 0 Å². The molecule has 1 aliphatic heterocycles. The normalized spacial score (nSPS) is 23.2. The average Bonchev–Trinajstić information content (AvgIpc) is 2.25. The summed E-state index contributed by atoms with van der Waals surface area (Å²) < 4.78 is 79.3. The van der Waals surface area contributed by atoms with Crippen molar-refractivity contribution in [3.63, 3.8) is 0 Å². The molecule has 3 nitrogen and oxygen atoms in total. The number of Topliss-reactive ketones (excluding diaryl/α,β-unsaturated/α-hetero) is 1. The van der Waals surface area contributed by atoms with Gasteiger partial charge in [-0.05, 0) is 18.2 Å². The number of alkyl halides is 6. The first-order chi connectivity index (χ1) is 8.94. The lowest BCUT2D eigenvalue weighted by atomic mass is 9.96. The van der Waals surface area contributed by atoms with Crippen molar-refractivity contribution in [1.82, 2.24) is 0 Å². The van der Waals surface area contributed by atoms with Gasteiger partial charge in [0.05, 0.1) is 17.5 Å². The topological polar surface area (TPSA) is 46.5 Å². The standard InChI is InChI=1S/C11H6F6O3/c12-10(13,14)5-1-2-8-6(3-5)7(18)4-9(19,20-8)11(15,16)17/h1-3,19H,4H2. The lowest BCUT2D eigenvalue weighted by Gasteiger charge is -2.34. The lowest BCUT2D eigenvalue weighted by molar-refractivity contribution is -0.334. The molecule has 0 spiro atoms. The van der Waals surface area contributed by atoms with Crippen LogP contribution in [0.4, 0.5) is 26.3 Å². The average molecular weight is 300 g/mol. The number of benzene rings is 1. The maximum absolute atomic E-state index is 12.6. The molecule has 2 rings (SSSR count). The summed E-state index contributed by atoms with van der Waals surface area (Å²) in [7, 11) is 0. The zero-order valence-corrected chi connectivity index (χ0v) is 9.47. The zero-order chi connectivity index (χ0) is 15.3. The summed E-state index contributed by atoms with van der Waals surface area (Å²) in [6.07, 6.45) is -11.5. The van der Waals surface area contributed by atoms with Crippen molar-refractivity contribution in [2.45, 2.75) is 24.6 Å². The Morgan fingerprint density at radius 3 is 2.25 bits per heavy atom. The predicted molar refractivity (Wildman–Crippen MR) is 52.0 cm³/mol. The van der Waals surface area contributed by atoms with Gasteiger partial charge in [0, 0.05) is 0 Å². The van der Waals surface area contributed by atoms with E-state index in [9.17, 15) is 36.2 Å². The van der Waals surface area contributed by atoms with Crippen LogP contribution in [0.5, 0.6) is 5.75 Å². The molecule has 0 radical (unpaired) electrons. The van der Waals surface area contributed by atoms with Crippen LogP contribution in [0, 0.1) is 0 Å². The molecule has 1 atom stereocenters. The third-order valence-corrected chi connectivity index (χ3v) is 2.73. The Morgan fingerprint density at radius 2 is 1.75 bits per heavy atom. The highest BCUT2D eigenvalue weighted by Crippen LogP contribution is 2.42. The van der Waals surface area contributed by atoms with Crippen molar-refractivity contribution in [2.24, 2.45) is 0 Å². The van der Waals surface area contributed by atoms with Gasteiger partial charge in [0.1, 0.15) is 5.75 Å². The molecule has 1 N–H and O–H groups in total. The Morgan fingerprint density at radius 1 is 1.15 bits per heavy atom. The zero-order valence-electron chi connectivity index (χ0n) is 9.47. The number of ketones is 1. The number of ether oxygens (including phenoxy) is 1. The minimum absolute atomic E-state index is 0.396. The number of carbonyl (C=O) groups excluding carboxylic acids is 1. The first-order valence-electron chi connectivity index (χ1n) is 5.17. The molecule has 1 heterocycles. The summed E-state index contributed by atoms with van der Waals surface area (Å²) >= 11 is 0. The van der Waals surface area contributed by atoms with Crippen molar-refractivity contribution < 1.29 is 41.0 Å². The van der Waals surface area contributed by atoms with Crippen LogP contribution in [-0.2, 0) is 6.18 Å². The van der Waals surface area contributed by atoms with Gasteiger partial charge in [0.25, 0.3) is 0 Å². The molecule has 0 aliphatic carbocycles. The van der Waals surface area contributed by atoms with Crippen LogP contribution in [-0.4, -0.2) is 22.9 Å². The molecule has 1 aromatic carbocycles.